The van der Waals surface area contributed by atoms with E-state index in [4.69, 9.17) is 19.3 Å². The van der Waals surface area contributed by atoms with Gasteiger partial charge in [-0.05, 0) is 41.8 Å². The van der Waals surface area contributed by atoms with E-state index in [1.54, 1.807) is 24.3 Å². The van der Waals surface area contributed by atoms with Gasteiger partial charge in [-0.15, -0.1) is 0 Å². The van der Waals surface area contributed by atoms with Gasteiger partial charge in [0.15, 0.2) is 18.1 Å². The molecule has 0 aliphatic carbocycles. The maximum atomic E-state index is 11.9. The number of ether oxygens (including phenoxy) is 3. The van der Waals surface area contributed by atoms with Crippen LogP contribution < -0.4 is 14.8 Å². The second kappa shape index (κ2) is 9.05. The lowest BCUT2D eigenvalue weighted by molar-refractivity contribution is -0.124. The number of carbonyl (C=O) groups excluding carboxylic acids is 2. The molecule has 0 radical (unpaired) electrons. The highest BCUT2D eigenvalue weighted by Crippen LogP contribution is 2.30. The fraction of sp³-hybridized carbons (Fsp3) is 0.300. The number of esters is 1. The number of hydrogen-bond acceptors (Lipinski definition) is 6. The lowest BCUT2D eigenvalue weighted by atomic mass is 10.1. The third-order valence-electron chi connectivity index (χ3n) is 4.05. The largest absolute Gasteiger partial charge is 0.486 e. The maximum Gasteiger partial charge on any atom is 0.338 e. The van der Waals surface area contributed by atoms with E-state index >= 15 is 0 Å². The Morgan fingerprint density at radius 2 is 1.70 bits per heavy atom. The number of aliphatic hydroxyl groups excluding tert-OH is 1. The van der Waals surface area contributed by atoms with Gasteiger partial charge in [-0.2, -0.15) is 0 Å². The third-order valence-corrected chi connectivity index (χ3v) is 4.05. The first kappa shape index (κ1) is 18.7. The van der Waals surface area contributed by atoms with Crippen LogP contribution in [0.15, 0.2) is 42.5 Å². The molecule has 2 N–H and O–H groups in total. The molecule has 0 saturated heterocycles. The highest BCUT2D eigenvalue weighted by molar-refractivity contribution is 5.91. The van der Waals surface area contributed by atoms with Crippen LogP contribution >= 0.6 is 0 Å². The van der Waals surface area contributed by atoms with E-state index in [-0.39, 0.29) is 19.1 Å². The molecule has 7 nitrogen and oxygen atoms in total. The second-order valence-electron chi connectivity index (χ2n) is 6.01. The molecule has 2 aromatic rings. The summed E-state index contributed by atoms with van der Waals surface area (Å²) in [6.45, 7) is 1.05. The molecule has 1 amide bonds. The van der Waals surface area contributed by atoms with Gasteiger partial charge in [0.2, 0.25) is 0 Å². The smallest absolute Gasteiger partial charge is 0.338 e. The highest BCUT2D eigenvalue weighted by Gasteiger charge is 2.12. The van der Waals surface area contributed by atoms with Gasteiger partial charge in [0, 0.05) is 6.54 Å². The number of benzene rings is 2. The number of nitrogens with one attached hydrogen (secondary N) is 1. The normalized spacial score (nSPS) is 12.3. The average Bonchev–Trinajstić information content (AvgIpc) is 2.72. The molecule has 1 aliphatic heterocycles. The predicted octanol–water partition coefficient (Wildman–Crippen LogP) is 1.47. The Morgan fingerprint density at radius 3 is 2.44 bits per heavy atom. The zero-order valence-electron chi connectivity index (χ0n) is 14.8. The van der Waals surface area contributed by atoms with Crippen molar-refractivity contribution in [3.05, 3.63) is 59.2 Å². The summed E-state index contributed by atoms with van der Waals surface area (Å²) in [5.41, 5.74) is 2.04. The number of aliphatic hydroxyl groups is 1. The Labute approximate surface area is 156 Å². The van der Waals surface area contributed by atoms with Crippen LogP contribution in [0.2, 0.25) is 0 Å². The van der Waals surface area contributed by atoms with Gasteiger partial charge >= 0.3 is 5.97 Å². The predicted molar refractivity (Wildman–Crippen MR) is 96.8 cm³/mol. The van der Waals surface area contributed by atoms with Crippen LogP contribution in [0.1, 0.15) is 21.5 Å². The minimum absolute atomic E-state index is 0.0961. The molecular weight excluding hydrogens is 350 g/mol. The zero-order valence-corrected chi connectivity index (χ0v) is 14.8. The molecule has 1 aliphatic rings. The summed E-state index contributed by atoms with van der Waals surface area (Å²) in [5, 5.41) is 11.7. The van der Waals surface area contributed by atoms with E-state index in [9.17, 15) is 9.59 Å². The molecule has 7 heteroatoms. The van der Waals surface area contributed by atoms with Crippen LogP contribution in [0.25, 0.3) is 0 Å². The molecule has 3 rings (SSSR count). The van der Waals surface area contributed by atoms with Crippen molar-refractivity contribution >= 4 is 11.9 Å². The van der Waals surface area contributed by atoms with Gasteiger partial charge in [-0.1, -0.05) is 18.2 Å². The van der Waals surface area contributed by atoms with Gasteiger partial charge < -0.3 is 24.6 Å². The van der Waals surface area contributed by atoms with Crippen LogP contribution in [0.3, 0.4) is 0 Å². The molecule has 0 saturated carbocycles. The van der Waals surface area contributed by atoms with Crippen molar-refractivity contribution in [3.63, 3.8) is 0 Å². The summed E-state index contributed by atoms with van der Waals surface area (Å²) < 4.78 is 16.0. The van der Waals surface area contributed by atoms with E-state index in [1.165, 1.54) is 0 Å². The van der Waals surface area contributed by atoms with Crippen molar-refractivity contribution in [3.8, 4) is 11.5 Å². The Morgan fingerprint density at radius 1 is 1.00 bits per heavy atom. The molecule has 0 fully saturated rings. The molecule has 0 bridgehead atoms. The van der Waals surface area contributed by atoms with Gasteiger partial charge in [0.05, 0.1) is 12.2 Å². The first-order chi connectivity index (χ1) is 13.2. The Bertz CT molecular complexity index is 803. The lowest BCUT2D eigenvalue weighted by Crippen LogP contribution is -2.30. The van der Waals surface area contributed by atoms with E-state index in [2.05, 4.69) is 5.32 Å². The minimum Gasteiger partial charge on any atom is -0.486 e. The average molecular weight is 371 g/mol. The van der Waals surface area contributed by atoms with Crippen LogP contribution in [-0.4, -0.2) is 43.3 Å². The van der Waals surface area contributed by atoms with Gasteiger partial charge in [0.25, 0.3) is 5.91 Å². The first-order valence-electron chi connectivity index (χ1n) is 8.68. The lowest BCUT2D eigenvalue weighted by Gasteiger charge is -2.18. The number of carbonyl (C=O) groups is 2. The van der Waals surface area contributed by atoms with Crippen molar-refractivity contribution in [1.29, 1.82) is 0 Å². The minimum atomic E-state index is -0.582. The first-order valence-corrected chi connectivity index (χ1v) is 8.68. The molecule has 142 valence electrons. The van der Waals surface area contributed by atoms with Crippen molar-refractivity contribution in [2.24, 2.45) is 0 Å². The number of amides is 1. The molecular formula is C20H21NO6. The summed E-state index contributed by atoms with van der Waals surface area (Å²) in [6.07, 6.45) is 0.624. The van der Waals surface area contributed by atoms with Crippen LogP contribution in [0, 0.1) is 0 Å². The topological polar surface area (TPSA) is 94.1 Å². The molecule has 0 atom stereocenters. The summed E-state index contributed by atoms with van der Waals surface area (Å²) >= 11 is 0. The summed E-state index contributed by atoms with van der Waals surface area (Å²) in [6, 6.07) is 12.0. The summed E-state index contributed by atoms with van der Waals surface area (Å²) in [4.78, 5) is 23.7. The Hall–Kier alpha value is -3.06. The van der Waals surface area contributed by atoms with Gasteiger partial charge in [-0.3, -0.25) is 4.79 Å². The van der Waals surface area contributed by atoms with E-state index in [0.29, 0.717) is 43.1 Å². The van der Waals surface area contributed by atoms with Crippen molar-refractivity contribution in [2.75, 3.05) is 26.4 Å². The number of rotatable bonds is 7. The quantitative estimate of drug-likeness (QED) is 0.716. The molecule has 0 unspecified atom stereocenters. The fourth-order valence-electron chi connectivity index (χ4n) is 2.60. The van der Waals surface area contributed by atoms with Crippen LogP contribution in [0.5, 0.6) is 11.5 Å². The van der Waals surface area contributed by atoms with E-state index in [0.717, 1.165) is 11.3 Å². The van der Waals surface area contributed by atoms with Gasteiger partial charge in [-0.25, -0.2) is 4.79 Å². The van der Waals surface area contributed by atoms with Crippen molar-refractivity contribution < 1.29 is 28.9 Å². The summed E-state index contributed by atoms with van der Waals surface area (Å²) in [7, 11) is 0. The summed E-state index contributed by atoms with van der Waals surface area (Å²) in [5.74, 6) is 0.494. The molecule has 0 aromatic heterocycles. The maximum absolute atomic E-state index is 11.9. The molecule has 27 heavy (non-hydrogen) atoms. The van der Waals surface area contributed by atoms with E-state index < -0.39 is 5.97 Å². The number of fused-ring (bicyclic) bond motifs is 1. The number of hydrogen-bond donors (Lipinski definition) is 2. The Kier molecular flexibility index (Phi) is 6.27. The zero-order chi connectivity index (χ0) is 19.1. The van der Waals surface area contributed by atoms with Crippen LogP contribution in [-0.2, 0) is 22.6 Å². The SMILES string of the molecule is O=C(COC(=O)c1ccc(CO)cc1)NCCc1ccc2c(c1)OCCO2. The van der Waals surface area contributed by atoms with E-state index in [1.807, 2.05) is 18.2 Å². The Balaban J connectivity index is 1.40. The van der Waals surface area contributed by atoms with Crippen molar-refractivity contribution in [1.82, 2.24) is 5.32 Å². The fourth-order valence-corrected chi connectivity index (χ4v) is 2.60. The monoisotopic (exact) mass is 371 g/mol. The third kappa shape index (κ3) is 5.21. The highest BCUT2D eigenvalue weighted by atomic mass is 16.6. The molecule has 1 heterocycles. The van der Waals surface area contributed by atoms with Crippen molar-refractivity contribution in [2.45, 2.75) is 13.0 Å². The molecule has 0 spiro atoms. The standard InChI is InChI=1S/C20H21NO6/c22-12-15-1-4-16(5-2-15)20(24)27-13-19(23)21-8-7-14-3-6-17-18(11-14)26-10-9-25-17/h1-6,11,22H,7-10,12-13H2,(H,21,23). The van der Waals surface area contributed by atoms with Gasteiger partial charge in [0.1, 0.15) is 13.2 Å². The van der Waals surface area contributed by atoms with Crippen LogP contribution in [0.4, 0.5) is 0 Å². The molecule has 2 aromatic carbocycles. The second-order valence-corrected chi connectivity index (χ2v) is 6.01.